The van der Waals surface area contributed by atoms with Crippen molar-refractivity contribution >= 4 is 15.9 Å². The lowest BCUT2D eigenvalue weighted by molar-refractivity contribution is 0.487. The summed E-state index contributed by atoms with van der Waals surface area (Å²) in [5, 5.41) is 0. The van der Waals surface area contributed by atoms with Gasteiger partial charge in [-0.25, -0.2) is 0 Å². The molecule has 14 heavy (non-hydrogen) atoms. The average molecular weight is 255 g/mol. The van der Waals surface area contributed by atoms with Gasteiger partial charge in [0.05, 0.1) is 0 Å². The van der Waals surface area contributed by atoms with Crippen LogP contribution in [0.4, 0.5) is 0 Å². The van der Waals surface area contributed by atoms with Crippen molar-refractivity contribution in [2.24, 2.45) is 5.92 Å². The van der Waals surface area contributed by atoms with E-state index in [0.717, 1.165) is 5.92 Å². The molecule has 0 heterocycles. The smallest absolute Gasteiger partial charge is 0.0423 e. The Kier molecular flexibility index (Phi) is 4.67. The molecule has 1 aromatic carbocycles. The Bertz CT molecular complexity index is 259. The van der Waals surface area contributed by atoms with E-state index in [0.29, 0.717) is 4.83 Å². The van der Waals surface area contributed by atoms with Crippen LogP contribution in [0.3, 0.4) is 0 Å². The van der Waals surface area contributed by atoms with Gasteiger partial charge in [-0.05, 0) is 18.4 Å². The first-order valence-corrected chi connectivity index (χ1v) is 6.31. The van der Waals surface area contributed by atoms with Gasteiger partial charge >= 0.3 is 0 Å². The minimum atomic E-state index is 0.512. The van der Waals surface area contributed by atoms with Crippen LogP contribution in [-0.2, 0) is 0 Å². The molecule has 0 N–H and O–H groups in total. The molecule has 1 atom stereocenters. The molecule has 0 saturated carbocycles. The van der Waals surface area contributed by atoms with Crippen LogP contribution in [0.15, 0.2) is 24.3 Å². The molecule has 0 nitrogen and oxygen atoms in total. The lowest BCUT2D eigenvalue weighted by Gasteiger charge is -2.19. The zero-order valence-corrected chi connectivity index (χ0v) is 10.8. The zero-order chi connectivity index (χ0) is 10.6. The summed E-state index contributed by atoms with van der Waals surface area (Å²) >= 11 is 3.80. The van der Waals surface area contributed by atoms with E-state index in [2.05, 4.69) is 61.0 Å². The Balaban J connectivity index is 2.77. The van der Waals surface area contributed by atoms with Crippen LogP contribution in [0, 0.1) is 12.8 Å². The Morgan fingerprint density at radius 1 is 1.07 bits per heavy atom. The number of hydrogen-bond acceptors (Lipinski definition) is 0. The van der Waals surface area contributed by atoms with E-state index in [9.17, 15) is 0 Å². The summed E-state index contributed by atoms with van der Waals surface area (Å²) in [6.45, 7) is 6.65. The minimum absolute atomic E-state index is 0.512. The van der Waals surface area contributed by atoms with Gasteiger partial charge in [-0.1, -0.05) is 72.4 Å². The van der Waals surface area contributed by atoms with E-state index in [4.69, 9.17) is 0 Å². The third-order valence-corrected chi connectivity index (χ3v) is 4.13. The highest BCUT2D eigenvalue weighted by Gasteiger charge is 2.16. The van der Waals surface area contributed by atoms with Gasteiger partial charge in [0.1, 0.15) is 0 Å². The van der Waals surface area contributed by atoms with Crippen LogP contribution >= 0.6 is 15.9 Å². The summed E-state index contributed by atoms with van der Waals surface area (Å²) in [7, 11) is 0. The predicted octanol–water partition coefficient (Wildman–Crippen LogP) is 4.87. The van der Waals surface area contributed by atoms with Crippen LogP contribution in [0.25, 0.3) is 0 Å². The second kappa shape index (κ2) is 5.55. The van der Waals surface area contributed by atoms with Gasteiger partial charge < -0.3 is 0 Å². The molecule has 1 aromatic rings. The molecule has 0 amide bonds. The second-order valence-corrected chi connectivity index (χ2v) is 4.88. The molecule has 1 rings (SSSR count). The molecule has 0 spiro atoms. The lowest BCUT2D eigenvalue weighted by Crippen LogP contribution is -2.05. The SMILES string of the molecule is CCC(CC)C(Br)c1ccc(C)cc1. The van der Waals surface area contributed by atoms with Crippen molar-refractivity contribution in [3.8, 4) is 0 Å². The summed E-state index contributed by atoms with van der Waals surface area (Å²) in [5.74, 6) is 0.748. The number of benzene rings is 1. The van der Waals surface area contributed by atoms with Gasteiger partial charge in [0.2, 0.25) is 0 Å². The molecule has 0 aromatic heterocycles. The lowest BCUT2D eigenvalue weighted by atomic mass is 9.94. The van der Waals surface area contributed by atoms with Crippen LogP contribution in [0.5, 0.6) is 0 Å². The normalized spacial score (nSPS) is 13.2. The Morgan fingerprint density at radius 2 is 1.57 bits per heavy atom. The predicted molar refractivity (Wildman–Crippen MR) is 66.9 cm³/mol. The quantitative estimate of drug-likeness (QED) is 0.673. The molecule has 0 aliphatic carbocycles. The topological polar surface area (TPSA) is 0 Å². The van der Waals surface area contributed by atoms with Crippen molar-refractivity contribution in [3.05, 3.63) is 35.4 Å². The number of halogens is 1. The molecule has 0 fully saturated rings. The van der Waals surface area contributed by atoms with E-state index >= 15 is 0 Å². The zero-order valence-electron chi connectivity index (χ0n) is 9.26. The van der Waals surface area contributed by atoms with Crippen molar-refractivity contribution in [1.29, 1.82) is 0 Å². The Morgan fingerprint density at radius 3 is 2.00 bits per heavy atom. The van der Waals surface area contributed by atoms with Crippen molar-refractivity contribution in [3.63, 3.8) is 0 Å². The largest absolute Gasteiger partial charge is 0.0836 e. The summed E-state index contributed by atoms with van der Waals surface area (Å²) in [4.78, 5) is 0.512. The fourth-order valence-electron chi connectivity index (χ4n) is 1.73. The maximum absolute atomic E-state index is 3.80. The van der Waals surface area contributed by atoms with Crippen LogP contribution in [-0.4, -0.2) is 0 Å². The van der Waals surface area contributed by atoms with Gasteiger partial charge in [0, 0.05) is 4.83 Å². The number of aryl methyl sites for hydroxylation is 1. The standard InChI is InChI=1S/C13H19Br/c1-4-11(5-2)13(14)12-8-6-10(3)7-9-12/h6-9,11,13H,4-5H2,1-3H3. The van der Waals surface area contributed by atoms with E-state index in [-0.39, 0.29) is 0 Å². The van der Waals surface area contributed by atoms with E-state index < -0.39 is 0 Å². The molecular weight excluding hydrogens is 236 g/mol. The van der Waals surface area contributed by atoms with Gasteiger partial charge in [-0.3, -0.25) is 0 Å². The van der Waals surface area contributed by atoms with Crippen molar-refractivity contribution in [2.45, 2.75) is 38.4 Å². The third kappa shape index (κ3) is 2.84. The number of rotatable bonds is 4. The number of hydrogen-bond donors (Lipinski definition) is 0. The highest BCUT2D eigenvalue weighted by molar-refractivity contribution is 9.09. The highest BCUT2D eigenvalue weighted by atomic mass is 79.9. The maximum atomic E-state index is 3.80. The third-order valence-electron chi connectivity index (χ3n) is 2.86. The summed E-state index contributed by atoms with van der Waals surface area (Å²) < 4.78 is 0. The molecule has 0 aliphatic rings. The summed E-state index contributed by atoms with van der Waals surface area (Å²) in [6.07, 6.45) is 2.47. The first-order valence-electron chi connectivity index (χ1n) is 5.39. The minimum Gasteiger partial charge on any atom is -0.0836 e. The molecule has 0 radical (unpaired) electrons. The van der Waals surface area contributed by atoms with Crippen molar-refractivity contribution in [1.82, 2.24) is 0 Å². The van der Waals surface area contributed by atoms with E-state index in [1.807, 2.05) is 0 Å². The van der Waals surface area contributed by atoms with Gasteiger partial charge in [-0.15, -0.1) is 0 Å². The second-order valence-electron chi connectivity index (χ2n) is 3.89. The maximum Gasteiger partial charge on any atom is 0.0423 e. The van der Waals surface area contributed by atoms with Gasteiger partial charge in [-0.2, -0.15) is 0 Å². The molecule has 1 heteroatoms. The fraction of sp³-hybridized carbons (Fsp3) is 0.538. The fourth-order valence-corrected chi connectivity index (χ4v) is 2.78. The Labute approximate surface area is 95.9 Å². The highest BCUT2D eigenvalue weighted by Crippen LogP contribution is 2.34. The first-order chi connectivity index (χ1) is 6.69. The summed E-state index contributed by atoms with van der Waals surface area (Å²) in [5.41, 5.74) is 2.74. The molecule has 78 valence electrons. The van der Waals surface area contributed by atoms with Gasteiger partial charge in [0.15, 0.2) is 0 Å². The average Bonchev–Trinajstić information content (AvgIpc) is 2.20. The van der Waals surface area contributed by atoms with E-state index in [1.54, 1.807) is 0 Å². The molecule has 0 aliphatic heterocycles. The number of alkyl halides is 1. The summed E-state index contributed by atoms with van der Waals surface area (Å²) in [6, 6.07) is 8.83. The first kappa shape index (κ1) is 11.8. The molecule has 0 saturated heterocycles. The van der Waals surface area contributed by atoms with Crippen LogP contribution in [0.1, 0.15) is 42.6 Å². The van der Waals surface area contributed by atoms with E-state index in [1.165, 1.54) is 24.0 Å². The van der Waals surface area contributed by atoms with Crippen LogP contribution < -0.4 is 0 Å². The van der Waals surface area contributed by atoms with Crippen molar-refractivity contribution < 1.29 is 0 Å². The van der Waals surface area contributed by atoms with Crippen LogP contribution in [0.2, 0.25) is 0 Å². The Hall–Kier alpha value is -0.300. The molecular formula is C13H19Br. The van der Waals surface area contributed by atoms with Crippen molar-refractivity contribution in [2.75, 3.05) is 0 Å². The van der Waals surface area contributed by atoms with Gasteiger partial charge in [0.25, 0.3) is 0 Å². The monoisotopic (exact) mass is 254 g/mol. The molecule has 0 bridgehead atoms. The molecule has 1 unspecified atom stereocenters.